The molecule has 2 saturated heterocycles. The Hall–Kier alpha value is -8.76. The fraction of sp³-hybridized carbons (Fsp3) is 0.787. The van der Waals surface area contributed by atoms with Crippen LogP contribution in [0.4, 0.5) is 0 Å². The van der Waals surface area contributed by atoms with Crippen molar-refractivity contribution < 1.29 is 117 Å². The maximum absolute atomic E-state index is 15.5. The molecule has 2 aliphatic heterocycles. The van der Waals surface area contributed by atoms with Gasteiger partial charge in [-0.15, -0.1) is 0 Å². The predicted octanol–water partition coefficient (Wildman–Crippen LogP) is -3.88. The highest BCUT2D eigenvalue weighted by Gasteiger charge is 2.48. The number of carbonyl (C=O) groups is 16. The predicted molar refractivity (Wildman–Crippen MR) is 411 cm³/mol. The fourth-order valence-corrected chi connectivity index (χ4v) is 13.8. The summed E-state index contributed by atoms with van der Waals surface area (Å²) in [7, 11) is 2.31. The van der Waals surface area contributed by atoms with Crippen LogP contribution < -0.4 is 70.8 Å². The monoisotopic (exact) mass is 1630 g/mol. The molecule has 2 fully saturated rings. The van der Waals surface area contributed by atoms with E-state index in [-0.39, 0.29) is 82.8 Å². The molecule has 0 aliphatic carbocycles. The summed E-state index contributed by atoms with van der Waals surface area (Å²) in [6.07, 6.45) is -12.1. The van der Waals surface area contributed by atoms with Gasteiger partial charge in [0.05, 0.1) is 37.2 Å². The van der Waals surface area contributed by atoms with Crippen LogP contribution in [0, 0.1) is 53.3 Å². The Labute approximate surface area is 666 Å². The summed E-state index contributed by atoms with van der Waals surface area (Å²) < 4.78 is 11.7. The second kappa shape index (κ2) is 49.2. The lowest BCUT2D eigenvalue weighted by molar-refractivity contribution is -0.168. The van der Waals surface area contributed by atoms with Gasteiger partial charge in [0.25, 0.3) is 5.91 Å². The van der Waals surface area contributed by atoms with Gasteiger partial charge in [0.2, 0.25) is 70.9 Å². The summed E-state index contributed by atoms with van der Waals surface area (Å²) in [6.45, 7) is 19.5. The largest absolute Gasteiger partial charge is 0.481 e. The minimum atomic E-state index is -2.73. The lowest BCUT2D eigenvalue weighted by Crippen LogP contribution is -2.65. The zero-order chi connectivity index (χ0) is 87.0. The number of carboxylic acid groups (broad SMARTS) is 2. The first-order chi connectivity index (χ1) is 53.2. The van der Waals surface area contributed by atoms with Crippen LogP contribution in [0.3, 0.4) is 0 Å². The van der Waals surface area contributed by atoms with Gasteiger partial charge in [0.15, 0.2) is 6.10 Å². The number of aliphatic hydroxyl groups excluding tert-OH is 4. The number of rotatable bonds is 40. The Balaban J connectivity index is 3.10. The number of primary amides is 2. The smallest absolute Gasteiger partial charge is 0.329 e. The van der Waals surface area contributed by atoms with Gasteiger partial charge < -0.3 is 121 Å². The molecule has 650 valence electrons. The van der Waals surface area contributed by atoms with E-state index in [2.05, 4.69) is 61.7 Å². The SMILES string of the molecule is CO[C@H](C)[C@@H]1NC(=O)[C@H](CCC(N)=O)N(C)C(=O)[C@H](CC(C)C)NC(=O)[C@@H](CCCN)NC(=O)[C@@H](CO)NC(=O)[C@H](NC(=O)[C@@H](NC(=O)[C@H](O)[C@H](O)[C@H](CCC(=O)O)NC(=O)[C@@H](CCCN)NC(=O)[C@H](C)[C@H](O)[C@H](C)C[C@H](C)CC(C)C)[C@@H](C)[C@@H](C)C(N)=O)[C@H]([C@H](C)C(C)C)OC(=O)[C@@H]2CCCCN2C(=O)[C@@H](CC(=O)O)NC1=O. The fourth-order valence-electron chi connectivity index (χ4n) is 13.8. The number of hydrogen-bond donors (Lipinski definition) is 19. The molecular weight excluding hydrogens is 1490 g/mol. The molecule has 114 heavy (non-hydrogen) atoms. The molecule has 0 aromatic carbocycles. The molecule has 39 heteroatoms. The lowest BCUT2D eigenvalue weighted by atomic mass is 9.83. The zero-order valence-electron chi connectivity index (χ0n) is 68.6. The molecule has 0 bridgehead atoms. The van der Waals surface area contributed by atoms with Crippen molar-refractivity contribution >= 4 is 94.7 Å². The highest BCUT2D eigenvalue weighted by atomic mass is 16.5. The van der Waals surface area contributed by atoms with Gasteiger partial charge in [-0.1, -0.05) is 83.1 Å². The number of carboxylic acids is 2. The van der Waals surface area contributed by atoms with E-state index in [4.69, 9.17) is 32.4 Å². The van der Waals surface area contributed by atoms with Crippen molar-refractivity contribution in [1.29, 1.82) is 0 Å². The van der Waals surface area contributed by atoms with Gasteiger partial charge in [-0.2, -0.15) is 0 Å². The van der Waals surface area contributed by atoms with E-state index in [0.717, 1.165) is 30.4 Å². The number of carbonyl (C=O) groups excluding carboxylic acids is 14. The first-order valence-electron chi connectivity index (χ1n) is 39.3. The standard InChI is InChI=1S/C75H131N15O24/c1-35(2)30-38(7)32-39(8)59(97)43(12)64(101)81-46(20-18-27-76)65(102)80-45(23-26-54(93)94)60(98)61(99)72(109)86-56(41(10)42(11)63(79)100)69(106)88-58-62(40(9)37(5)6)114-75(112)52-22-16-17-29-90(52)74(111)49(33-55(95)96)84-70(107)57(44(13)113-15)87-68(105)51(24-25-53(78)92)89(14)73(110)48(31-36(3)4)83-66(103)47(21-19-28-77)82-67(104)50(34-91)85-71(58)108/h35-52,56-62,91,97-99H,16-34,76-77H2,1-15H3,(H2,78,92)(H2,79,100)(H,80,102)(H,81,101)(H,82,104)(H,83,103)(H,84,107)(H,85,108)(H,86,109)(H,87,105)(H,88,106)(H,93,94)(H,95,96)/t38-,39-,40-,41+,42-,43-,44-,45+,46-,47-,48+,49-,50-,51+,52+,56+,57+,58-,59-,60-,61-,62+/m1/s1. The Kier molecular flexibility index (Phi) is 43.7. The average molecular weight is 1630 g/mol. The molecule has 13 amide bonds. The minimum absolute atomic E-state index is 0.0127. The summed E-state index contributed by atoms with van der Waals surface area (Å²) in [5.74, 6) is -25.6. The van der Waals surface area contributed by atoms with E-state index in [1.165, 1.54) is 34.6 Å². The normalized spacial score (nSPS) is 24.4. The second-order valence-electron chi connectivity index (χ2n) is 31.8. The number of likely N-dealkylation sites (N-methyl/N-ethyl adjacent to an activating group) is 1. The molecular formula is C75H131N15O24. The summed E-state index contributed by atoms with van der Waals surface area (Å²) >= 11 is 0. The van der Waals surface area contributed by atoms with E-state index in [1.54, 1.807) is 34.6 Å². The van der Waals surface area contributed by atoms with Crippen LogP contribution >= 0.6 is 0 Å². The maximum Gasteiger partial charge on any atom is 0.329 e. The van der Waals surface area contributed by atoms with Crippen molar-refractivity contribution in [2.45, 2.75) is 283 Å². The third kappa shape index (κ3) is 31.8. The minimum Gasteiger partial charge on any atom is -0.481 e. The number of cyclic esters (lactones) is 1. The number of methoxy groups -OCH3 is 1. The number of hydrogen-bond acceptors (Lipinski definition) is 24. The van der Waals surface area contributed by atoms with Crippen LogP contribution in [-0.4, -0.2) is 273 Å². The molecule has 0 aromatic heterocycles. The lowest BCUT2D eigenvalue weighted by Gasteiger charge is -2.39. The van der Waals surface area contributed by atoms with Crippen molar-refractivity contribution in [3.8, 4) is 0 Å². The van der Waals surface area contributed by atoms with Gasteiger partial charge in [-0.05, 0) is 138 Å². The molecule has 2 rings (SSSR count). The van der Waals surface area contributed by atoms with Gasteiger partial charge in [-0.25, -0.2) is 4.79 Å². The summed E-state index contributed by atoms with van der Waals surface area (Å²) in [5.41, 5.74) is 23.0. The highest BCUT2D eigenvalue weighted by molar-refractivity contribution is 6.00. The number of nitrogens with one attached hydrogen (secondary N) is 9. The van der Waals surface area contributed by atoms with Gasteiger partial charge in [-0.3, -0.25) is 71.9 Å². The molecule has 39 nitrogen and oxygen atoms in total. The van der Waals surface area contributed by atoms with E-state index >= 15 is 19.2 Å². The van der Waals surface area contributed by atoms with Crippen LogP contribution in [0.25, 0.3) is 0 Å². The first kappa shape index (κ1) is 101. The number of nitrogens with two attached hydrogens (primary N) is 4. The Morgan fingerprint density at radius 1 is 0.614 bits per heavy atom. The third-order valence-electron chi connectivity index (χ3n) is 21.3. The first-order valence-corrected chi connectivity index (χ1v) is 39.3. The Morgan fingerprint density at radius 2 is 1.21 bits per heavy atom. The van der Waals surface area contributed by atoms with Crippen molar-refractivity contribution in [1.82, 2.24) is 57.7 Å². The van der Waals surface area contributed by atoms with Crippen molar-refractivity contribution in [3.05, 3.63) is 0 Å². The summed E-state index contributed by atoms with van der Waals surface area (Å²) in [4.78, 5) is 229. The van der Waals surface area contributed by atoms with Crippen molar-refractivity contribution in [2.24, 2.45) is 76.2 Å². The van der Waals surface area contributed by atoms with Gasteiger partial charge in [0, 0.05) is 39.5 Å². The number of ether oxygens (including phenoxy) is 2. The van der Waals surface area contributed by atoms with Crippen LogP contribution in [0.15, 0.2) is 0 Å². The van der Waals surface area contributed by atoms with Crippen molar-refractivity contribution in [3.63, 3.8) is 0 Å². The van der Waals surface area contributed by atoms with Crippen LogP contribution in [0.5, 0.6) is 0 Å². The van der Waals surface area contributed by atoms with Gasteiger partial charge >= 0.3 is 17.9 Å². The second-order valence-corrected chi connectivity index (χ2v) is 31.8. The van der Waals surface area contributed by atoms with E-state index in [1.807, 2.05) is 6.92 Å². The molecule has 0 saturated carbocycles. The number of esters is 1. The molecule has 0 unspecified atom stereocenters. The van der Waals surface area contributed by atoms with Crippen LogP contribution in [0.1, 0.15) is 186 Å². The van der Waals surface area contributed by atoms with Gasteiger partial charge in [0.1, 0.15) is 72.6 Å². The number of aliphatic hydroxyl groups is 4. The van der Waals surface area contributed by atoms with E-state index < -0.39 is 266 Å². The summed E-state index contributed by atoms with van der Waals surface area (Å²) in [6, 6.07) is -20.3. The number of fused-ring (bicyclic) bond motifs is 1. The van der Waals surface area contributed by atoms with E-state index in [9.17, 15) is 88.2 Å². The maximum atomic E-state index is 15.5. The molecule has 22 atom stereocenters. The molecule has 0 spiro atoms. The topological polar surface area (TPSA) is 632 Å². The van der Waals surface area contributed by atoms with Crippen molar-refractivity contribution in [2.75, 3.05) is 40.4 Å². The highest BCUT2D eigenvalue weighted by Crippen LogP contribution is 2.29. The third-order valence-corrected chi connectivity index (χ3v) is 21.3. The average Bonchev–Trinajstić information content (AvgIpc) is 0.830. The Morgan fingerprint density at radius 3 is 1.75 bits per heavy atom. The zero-order valence-corrected chi connectivity index (χ0v) is 68.6. The van der Waals surface area contributed by atoms with Crippen LogP contribution in [0.2, 0.25) is 0 Å². The number of nitrogens with zero attached hydrogens (tertiary/aromatic N) is 2. The van der Waals surface area contributed by atoms with Crippen LogP contribution in [-0.2, 0) is 86.2 Å². The molecule has 0 aromatic rings. The van der Waals surface area contributed by atoms with E-state index in [0.29, 0.717) is 12.3 Å². The summed E-state index contributed by atoms with van der Waals surface area (Å²) in [5, 5.41) is 88.1. The number of amides is 13. The molecule has 23 N–H and O–H groups in total. The Bertz CT molecular complexity index is 3260. The number of aliphatic carboxylic acids is 2. The quantitative estimate of drug-likeness (QED) is 0.0261. The molecule has 0 radical (unpaired) electrons. The molecule has 2 aliphatic rings. The molecule has 2 heterocycles. The number of piperidine rings is 1.